The summed E-state index contributed by atoms with van der Waals surface area (Å²) in [4.78, 5) is 32.4. The molecule has 0 aliphatic rings. The number of alkyl halides is 3. The molecular formula is C21H24F3N3O4. The molecule has 1 amide bonds. The fourth-order valence-corrected chi connectivity index (χ4v) is 2.65. The van der Waals surface area contributed by atoms with E-state index in [1.165, 1.54) is 24.4 Å². The molecule has 2 rings (SSSR count). The van der Waals surface area contributed by atoms with Crippen molar-refractivity contribution in [2.45, 2.75) is 45.8 Å². The van der Waals surface area contributed by atoms with Crippen molar-refractivity contribution in [1.82, 2.24) is 15.3 Å². The van der Waals surface area contributed by atoms with Crippen LogP contribution in [0.5, 0.6) is 11.8 Å². The van der Waals surface area contributed by atoms with Crippen LogP contribution in [0.4, 0.5) is 13.2 Å². The first-order chi connectivity index (χ1) is 14.7. The van der Waals surface area contributed by atoms with E-state index in [2.05, 4.69) is 20.0 Å². The Labute approximate surface area is 178 Å². The number of pyridine rings is 2. The van der Waals surface area contributed by atoms with Gasteiger partial charge in [0.25, 0.3) is 5.91 Å². The van der Waals surface area contributed by atoms with Crippen LogP contribution in [0.3, 0.4) is 0 Å². The minimum atomic E-state index is -4.48. The van der Waals surface area contributed by atoms with Crippen molar-refractivity contribution in [1.29, 1.82) is 0 Å². The van der Waals surface area contributed by atoms with Crippen LogP contribution in [0.2, 0.25) is 0 Å². The van der Waals surface area contributed by atoms with Gasteiger partial charge >= 0.3 is 6.18 Å². The van der Waals surface area contributed by atoms with E-state index in [-0.39, 0.29) is 37.1 Å². The maximum absolute atomic E-state index is 12.5. The Kier molecular flexibility index (Phi) is 8.77. The van der Waals surface area contributed by atoms with E-state index in [9.17, 15) is 22.8 Å². The first kappa shape index (κ1) is 24.1. The zero-order valence-corrected chi connectivity index (χ0v) is 17.3. The molecule has 0 unspecified atom stereocenters. The van der Waals surface area contributed by atoms with Crippen molar-refractivity contribution in [2.24, 2.45) is 0 Å². The number of nitrogens with zero attached hydrogens (tertiary/aromatic N) is 2. The van der Waals surface area contributed by atoms with E-state index in [4.69, 9.17) is 4.74 Å². The highest BCUT2D eigenvalue weighted by Crippen LogP contribution is 2.22. The zero-order valence-electron chi connectivity index (χ0n) is 17.3. The smallest absolute Gasteiger partial charge is 0.422 e. The number of carbonyl (C=O) groups is 2. The third-order valence-electron chi connectivity index (χ3n) is 4.00. The maximum Gasteiger partial charge on any atom is 0.422 e. The summed E-state index contributed by atoms with van der Waals surface area (Å²) in [6.07, 6.45) is -1.66. The summed E-state index contributed by atoms with van der Waals surface area (Å²) in [6, 6.07) is 5.84. The van der Waals surface area contributed by atoms with E-state index >= 15 is 0 Å². The van der Waals surface area contributed by atoms with Crippen LogP contribution in [0.15, 0.2) is 30.5 Å². The van der Waals surface area contributed by atoms with Gasteiger partial charge in [0.2, 0.25) is 11.8 Å². The summed E-state index contributed by atoms with van der Waals surface area (Å²) < 4.78 is 47.0. The number of amides is 1. The van der Waals surface area contributed by atoms with Gasteiger partial charge in [0.05, 0.1) is 6.61 Å². The lowest BCUT2D eigenvalue weighted by atomic mass is 10.1. The van der Waals surface area contributed by atoms with Gasteiger partial charge in [-0.3, -0.25) is 14.6 Å². The molecule has 2 heterocycles. The second kappa shape index (κ2) is 11.3. The van der Waals surface area contributed by atoms with E-state index < -0.39 is 18.7 Å². The van der Waals surface area contributed by atoms with Crippen LogP contribution >= 0.6 is 0 Å². The first-order valence-corrected chi connectivity index (χ1v) is 9.79. The van der Waals surface area contributed by atoms with Crippen LogP contribution < -0.4 is 14.8 Å². The van der Waals surface area contributed by atoms with Crippen molar-refractivity contribution >= 4 is 11.7 Å². The highest BCUT2D eigenvalue weighted by atomic mass is 19.4. The monoisotopic (exact) mass is 439 g/mol. The highest BCUT2D eigenvalue weighted by molar-refractivity contribution is 5.94. The number of carbonyl (C=O) groups excluding carboxylic acids is 2. The van der Waals surface area contributed by atoms with Gasteiger partial charge in [-0.15, -0.1) is 0 Å². The lowest BCUT2D eigenvalue weighted by Gasteiger charge is -2.13. The van der Waals surface area contributed by atoms with Crippen molar-refractivity contribution < 1.29 is 32.2 Å². The Bertz CT molecular complexity index is 904. The Morgan fingerprint density at radius 3 is 2.58 bits per heavy atom. The van der Waals surface area contributed by atoms with Crippen molar-refractivity contribution in [2.75, 3.05) is 13.2 Å². The molecule has 31 heavy (non-hydrogen) atoms. The average molecular weight is 439 g/mol. The summed E-state index contributed by atoms with van der Waals surface area (Å²) in [7, 11) is 0. The normalized spacial score (nSPS) is 11.1. The summed E-state index contributed by atoms with van der Waals surface area (Å²) in [5.41, 5.74) is 1.32. The molecule has 7 nitrogen and oxygen atoms in total. The molecule has 0 aliphatic carbocycles. The third kappa shape index (κ3) is 8.23. The Balaban J connectivity index is 2.04. The summed E-state index contributed by atoms with van der Waals surface area (Å²) >= 11 is 0. The topological polar surface area (TPSA) is 90.4 Å². The lowest BCUT2D eigenvalue weighted by Crippen LogP contribution is -2.24. The van der Waals surface area contributed by atoms with Crippen LogP contribution in [0, 0.1) is 0 Å². The van der Waals surface area contributed by atoms with E-state index in [0.717, 1.165) is 6.42 Å². The summed E-state index contributed by atoms with van der Waals surface area (Å²) in [5.74, 6) is -0.506. The number of rotatable bonds is 11. The standard InChI is InChI=1S/C21H24F3N3O4/c1-3-5-17(28)11-16-10-14(8-9-25-16)19(29)26-12-15-6-7-18(27-20(15)30-4-2)31-13-21(22,23)24/h6-10H,3-5,11-13H2,1-2H3,(H,26,29). The predicted molar refractivity (Wildman–Crippen MR) is 106 cm³/mol. The van der Waals surface area contributed by atoms with Gasteiger partial charge < -0.3 is 14.8 Å². The molecule has 0 saturated carbocycles. The largest absolute Gasteiger partial charge is 0.478 e. The predicted octanol–water partition coefficient (Wildman–Crippen LogP) is 3.66. The fraction of sp³-hybridized carbons (Fsp3) is 0.429. The van der Waals surface area contributed by atoms with E-state index in [1.54, 1.807) is 13.0 Å². The number of aromatic nitrogens is 2. The molecule has 0 fully saturated rings. The molecule has 0 saturated heterocycles. The van der Waals surface area contributed by atoms with Crippen molar-refractivity contribution in [3.63, 3.8) is 0 Å². The number of ether oxygens (including phenoxy) is 2. The lowest BCUT2D eigenvalue weighted by molar-refractivity contribution is -0.154. The SMILES string of the molecule is CCCC(=O)Cc1cc(C(=O)NCc2ccc(OCC(F)(F)F)nc2OCC)ccn1. The van der Waals surface area contributed by atoms with Gasteiger partial charge in [0.15, 0.2) is 6.61 Å². The van der Waals surface area contributed by atoms with Gasteiger partial charge in [0, 0.05) is 48.5 Å². The average Bonchev–Trinajstić information content (AvgIpc) is 2.71. The molecule has 0 aliphatic heterocycles. The molecule has 0 bridgehead atoms. The quantitative estimate of drug-likeness (QED) is 0.575. The minimum Gasteiger partial charge on any atom is -0.478 e. The summed E-state index contributed by atoms with van der Waals surface area (Å²) in [6.45, 7) is 2.41. The van der Waals surface area contributed by atoms with Crippen molar-refractivity contribution in [3.8, 4) is 11.8 Å². The van der Waals surface area contributed by atoms with E-state index in [1.807, 2.05) is 6.92 Å². The number of hydrogen-bond acceptors (Lipinski definition) is 6. The molecule has 2 aromatic heterocycles. The Morgan fingerprint density at radius 1 is 1.13 bits per heavy atom. The molecule has 2 aromatic rings. The second-order valence-corrected chi connectivity index (χ2v) is 6.63. The molecule has 168 valence electrons. The molecule has 0 atom stereocenters. The first-order valence-electron chi connectivity index (χ1n) is 9.79. The zero-order chi connectivity index (χ0) is 22.9. The maximum atomic E-state index is 12.5. The van der Waals surface area contributed by atoms with Crippen LogP contribution in [0.1, 0.15) is 48.3 Å². The molecule has 1 N–H and O–H groups in total. The number of hydrogen-bond donors (Lipinski definition) is 1. The van der Waals surface area contributed by atoms with E-state index in [0.29, 0.717) is 23.2 Å². The highest BCUT2D eigenvalue weighted by Gasteiger charge is 2.28. The fourth-order valence-electron chi connectivity index (χ4n) is 2.65. The number of halogens is 3. The van der Waals surface area contributed by atoms with Gasteiger partial charge in [-0.1, -0.05) is 6.92 Å². The minimum absolute atomic E-state index is 0.0349. The van der Waals surface area contributed by atoms with Gasteiger partial charge in [0.1, 0.15) is 5.78 Å². The third-order valence-corrected chi connectivity index (χ3v) is 4.00. The van der Waals surface area contributed by atoms with Crippen molar-refractivity contribution in [3.05, 3.63) is 47.3 Å². The number of Topliss-reactive ketones (excluding diaryl/α,β-unsaturated/α-hetero) is 1. The molecule has 0 radical (unpaired) electrons. The summed E-state index contributed by atoms with van der Waals surface area (Å²) in [5, 5.41) is 2.70. The van der Waals surface area contributed by atoms with Gasteiger partial charge in [-0.25, -0.2) is 0 Å². The molecule has 0 aromatic carbocycles. The second-order valence-electron chi connectivity index (χ2n) is 6.63. The molecular weight excluding hydrogens is 415 g/mol. The number of ketones is 1. The van der Waals surface area contributed by atoms with Gasteiger partial charge in [-0.2, -0.15) is 18.2 Å². The van der Waals surface area contributed by atoms with Crippen LogP contribution in [-0.2, 0) is 17.8 Å². The van der Waals surface area contributed by atoms with Crippen LogP contribution in [0.25, 0.3) is 0 Å². The van der Waals surface area contributed by atoms with Gasteiger partial charge in [-0.05, 0) is 31.5 Å². The number of nitrogens with one attached hydrogen (secondary N) is 1. The molecule has 0 spiro atoms. The Morgan fingerprint density at radius 2 is 1.90 bits per heavy atom. The van der Waals surface area contributed by atoms with Crippen LogP contribution in [-0.4, -0.2) is 41.0 Å². The molecule has 10 heteroatoms. The Hall–Kier alpha value is -3.17.